The van der Waals surface area contributed by atoms with Crippen molar-refractivity contribution in [2.45, 2.75) is 32.6 Å². The zero-order chi connectivity index (χ0) is 16.0. The van der Waals surface area contributed by atoms with Gasteiger partial charge < -0.3 is 10.3 Å². The average Bonchev–Trinajstić information content (AvgIpc) is 3.10. The van der Waals surface area contributed by atoms with Crippen molar-refractivity contribution in [1.82, 2.24) is 24.9 Å². The van der Waals surface area contributed by atoms with E-state index in [0.29, 0.717) is 5.92 Å². The molecule has 1 aliphatic heterocycles. The van der Waals surface area contributed by atoms with E-state index in [1.165, 1.54) is 0 Å². The zero-order valence-corrected chi connectivity index (χ0v) is 15.3. The Morgan fingerprint density at radius 1 is 1.29 bits per heavy atom. The minimum absolute atomic E-state index is 0. The minimum Gasteiger partial charge on any atom is -0.317 e. The van der Waals surface area contributed by atoms with Crippen molar-refractivity contribution in [1.29, 1.82) is 0 Å². The Bertz CT molecular complexity index is 922. The molecule has 0 amide bonds. The van der Waals surface area contributed by atoms with Gasteiger partial charge >= 0.3 is 0 Å². The third kappa shape index (κ3) is 2.87. The number of hydrogen-bond acceptors (Lipinski definition) is 5. The second-order valence-electron chi connectivity index (χ2n) is 6.05. The lowest BCUT2D eigenvalue weighted by Crippen LogP contribution is -2.28. The van der Waals surface area contributed by atoms with Crippen LogP contribution in [0.3, 0.4) is 0 Å². The van der Waals surface area contributed by atoms with Gasteiger partial charge in [0, 0.05) is 12.0 Å². The van der Waals surface area contributed by atoms with Crippen LogP contribution in [0.5, 0.6) is 0 Å². The normalized spacial score (nSPS) is 15.6. The lowest BCUT2D eigenvalue weighted by Gasteiger charge is -2.23. The molecule has 128 valence electrons. The highest BCUT2D eigenvalue weighted by atomic mass is 35.5. The van der Waals surface area contributed by atoms with Crippen LogP contribution in [0.1, 0.15) is 35.2 Å². The highest BCUT2D eigenvalue weighted by Crippen LogP contribution is 2.33. The average molecular weight is 366 g/mol. The Morgan fingerprint density at radius 2 is 2.04 bits per heavy atom. The number of thiazole rings is 1. The maximum absolute atomic E-state index is 12.2. The zero-order valence-electron chi connectivity index (χ0n) is 13.6. The molecule has 0 aliphatic carbocycles. The minimum atomic E-state index is -0.0633. The number of H-pyrrole nitrogens is 1. The Kier molecular flexibility index (Phi) is 4.76. The monoisotopic (exact) mass is 365 g/mol. The van der Waals surface area contributed by atoms with Crippen LogP contribution < -0.4 is 10.9 Å². The summed E-state index contributed by atoms with van der Waals surface area (Å²) in [6, 6.07) is 1.70. The largest absolute Gasteiger partial charge is 0.317 e. The molecule has 4 heterocycles. The van der Waals surface area contributed by atoms with Gasteiger partial charge in [0.25, 0.3) is 5.56 Å². The molecule has 1 saturated heterocycles. The number of hydrogen-bond donors (Lipinski definition) is 2. The molecule has 6 nitrogen and oxygen atoms in total. The first-order chi connectivity index (χ1) is 11.1. The van der Waals surface area contributed by atoms with Gasteiger partial charge in [-0.1, -0.05) is 0 Å². The maximum Gasteiger partial charge on any atom is 0.251 e. The van der Waals surface area contributed by atoms with Gasteiger partial charge in [0.2, 0.25) is 0 Å². The van der Waals surface area contributed by atoms with Crippen molar-refractivity contribution in [2.75, 3.05) is 13.1 Å². The predicted octanol–water partition coefficient (Wildman–Crippen LogP) is 2.65. The topological polar surface area (TPSA) is 75.1 Å². The van der Waals surface area contributed by atoms with Crippen LogP contribution in [0.15, 0.2) is 17.1 Å². The van der Waals surface area contributed by atoms with Gasteiger partial charge in [0.1, 0.15) is 5.65 Å². The van der Waals surface area contributed by atoms with Crippen molar-refractivity contribution in [2.24, 2.45) is 0 Å². The predicted molar refractivity (Wildman–Crippen MR) is 98.5 cm³/mol. The fraction of sp³-hybridized carbons (Fsp3) is 0.438. The van der Waals surface area contributed by atoms with E-state index in [2.05, 4.69) is 20.4 Å². The van der Waals surface area contributed by atoms with Crippen LogP contribution in [-0.2, 0) is 0 Å². The number of aromatic amines is 1. The molecule has 2 N–H and O–H groups in total. The highest BCUT2D eigenvalue weighted by Gasteiger charge is 2.21. The molecule has 24 heavy (non-hydrogen) atoms. The molecule has 0 radical (unpaired) electrons. The van der Waals surface area contributed by atoms with Gasteiger partial charge in [-0.05, 0) is 39.8 Å². The van der Waals surface area contributed by atoms with Gasteiger partial charge in [-0.3, -0.25) is 4.79 Å². The smallest absolute Gasteiger partial charge is 0.251 e. The highest BCUT2D eigenvalue weighted by molar-refractivity contribution is 7.15. The number of nitrogens with zero attached hydrogens (tertiary/aromatic N) is 3. The van der Waals surface area contributed by atoms with Crippen LogP contribution in [0.4, 0.5) is 0 Å². The van der Waals surface area contributed by atoms with Crippen molar-refractivity contribution < 1.29 is 0 Å². The van der Waals surface area contributed by atoms with E-state index in [1.807, 2.05) is 24.6 Å². The van der Waals surface area contributed by atoms with Crippen LogP contribution in [0, 0.1) is 13.8 Å². The first kappa shape index (κ1) is 17.1. The summed E-state index contributed by atoms with van der Waals surface area (Å²) >= 11 is 1.64. The van der Waals surface area contributed by atoms with Gasteiger partial charge in [0.05, 0.1) is 33.0 Å². The number of nitrogens with one attached hydrogen (secondary N) is 2. The number of aryl methyl sites for hydroxylation is 2. The van der Waals surface area contributed by atoms with E-state index in [9.17, 15) is 4.79 Å². The molecule has 1 aliphatic rings. The number of aromatic nitrogens is 4. The molecule has 0 atom stereocenters. The third-order valence-corrected chi connectivity index (χ3v) is 5.55. The Labute approximate surface area is 149 Å². The summed E-state index contributed by atoms with van der Waals surface area (Å²) in [5, 5.41) is 8.95. The molecule has 0 aromatic carbocycles. The van der Waals surface area contributed by atoms with E-state index in [-0.39, 0.29) is 18.0 Å². The van der Waals surface area contributed by atoms with Crippen LogP contribution >= 0.6 is 23.7 Å². The molecular formula is C16H20ClN5OS. The second-order valence-corrected chi connectivity index (χ2v) is 7.25. The molecule has 0 spiro atoms. The lowest BCUT2D eigenvalue weighted by molar-refractivity contribution is 0.446. The first-order valence-electron chi connectivity index (χ1n) is 7.89. The van der Waals surface area contributed by atoms with Crippen LogP contribution in [-0.4, -0.2) is 32.7 Å². The van der Waals surface area contributed by atoms with E-state index in [4.69, 9.17) is 0 Å². The lowest BCUT2D eigenvalue weighted by atomic mass is 9.94. The van der Waals surface area contributed by atoms with Gasteiger partial charge in [0.15, 0.2) is 0 Å². The van der Waals surface area contributed by atoms with Crippen molar-refractivity contribution in [3.05, 3.63) is 39.0 Å². The van der Waals surface area contributed by atoms with Crippen molar-refractivity contribution >= 4 is 29.4 Å². The summed E-state index contributed by atoms with van der Waals surface area (Å²) in [7, 11) is 0. The van der Waals surface area contributed by atoms with E-state index >= 15 is 0 Å². The Hall–Kier alpha value is -1.70. The number of rotatable bonds is 2. The summed E-state index contributed by atoms with van der Waals surface area (Å²) in [5.41, 5.74) is 3.66. The van der Waals surface area contributed by atoms with E-state index < -0.39 is 0 Å². The molecule has 0 saturated carbocycles. The quantitative estimate of drug-likeness (QED) is 0.732. The first-order valence-corrected chi connectivity index (χ1v) is 8.71. The van der Waals surface area contributed by atoms with Crippen molar-refractivity contribution in [3.8, 4) is 10.4 Å². The van der Waals surface area contributed by atoms with Gasteiger partial charge in [-0.25, -0.2) is 9.50 Å². The summed E-state index contributed by atoms with van der Waals surface area (Å²) in [5.74, 6) is 0.373. The molecule has 3 aromatic rings. The van der Waals surface area contributed by atoms with E-state index in [1.54, 1.807) is 17.4 Å². The molecule has 0 bridgehead atoms. The molecule has 8 heteroatoms. The maximum atomic E-state index is 12.2. The third-order valence-electron chi connectivity index (χ3n) is 4.44. The van der Waals surface area contributed by atoms with Crippen molar-refractivity contribution in [3.63, 3.8) is 0 Å². The van der Waals surface area contributed by atoms with Gasteiger partial charge in [-0.2, -0.15) is 5.10 Å². The fourth-order valence-electron chi connectivity index (χ4n) is 3.37. The SMILES string of the molecule is Cc1nc(C)c(-c2cnn3c(C4CCNCC4)cc(=O)[nH]c23)s1.Cl. The molecule has 0 unspecified atom stereocenters. The molecule has 1 fully saturated rings. The number of piperidine rings is 1. The number of halogens is 1. The van der Waals surface area contributed by atoms with E-state index in [0.717, 1.165) is 58.4 Å². The van der Waals surface area contributed by atoms with Gasteiger partial charge in [-0.15, -0.1) is 23.7 Å². The Balaban J connectivity index is 0.00000169. The standard InChI is InChI=1S/C16H19N5OS.ClH/c1-9-15(23-10(2)19-9)12-8-18-21-13(7-14(22)20-16(12)21)11-3-5-17-6-4-11;/h7-8,11,17H,3-6H2,1-2H3,(H,20,22);1H. The fourth-order valence-corrected chi connectivity index (χ4v) is 4.30. The summed E-state index contributed by atoms with van der Waals surface area (Å²) < 4.78 is 1.90. The molecular weight excluding hydrogens is 346 g/mol. The summed E-state index contributed by atoms with van der Waals surface area (Å²) in [6.45, 7) is 5.97. The summed E-state index contributed by atoms with van der Waals surface area (Å²) in [4.78, 5) is 20.7. The van der Waals surface area contributed by atoms with Crippen LogP contribution in [0.2, 0.25) is 0 Å². The Morgan fingerprint density at radius 3 is 2.71 bits per heavy atom. The number of fused-ring (bicyclic) bond motifs is 1. The van der Waals surface area contributed by atoms with Crippen LogP contribution in [0.25, 0.3) is 16.1 Å². The molecule has 4 rings (SSSR count). The summed E-state index contributed by atoms with van der Waals surface area (Å²) in [6.07, 6.45) is 3.91. The second kappa shape index (κ2) is 6.66. The molecule has 3 aromatic heterocycles.